The highest BCUT2D eigenvalue weighted by Crippen LogP contribution is 2.30. The molecule has 2 amide bonds. The summed E-state index contributed by atoms with van der Waals surface area (Å²) < 4.78 is 5.56. The van der Waals surface area contributed by atoms with E-state index in [1.165, 1.54) is 0 Å². The number of piperidine rings is 1. The largest absolute Gasteiger partial charge is 0.445 e. The molecule has 1 aromatic rings. The zero-order valence-electron chi connectivity index (χ0n) is 17.0. The molecule has 0 spiro atoms. The van der Waals surface area contributed by atoms with E-state index in [0.29, 0.717) is 18.6 Å². The van der Waals surface area contributed by atoms with Gasteiger partial charge in [0.2, 0.25) is 5.91 Å². The van der Waals surface area contributed by atoms with Gasteiger partial charge in [-0.3, -0.25) is 4.79 Å². The second-order valence-electron chi connectivity index (χ2n) is 8.46. The van der Waals surface area contributed by atoms with E-state index in [4.69, 9.17) is 10.5 Å². The molecule has 154 valence electrons. The molecule has 1 atom stereocenters. The van der Waals surface area contributed by atoms with Crippen LogP contribution in [0.15, 0.2) is 30.3 Å². The predicted octanol–water partition coefficient (Wildman–Crippen LogP) is 3.01. The highest BCUT2D eigenvalue weighted by molar-refractivity contribution is 5.82. The van der Waals surface area contributed by atoms with Crippen molar-refractivity contribution in [2.45, 2.75) is 58.2 Å². The third-order valence-corrected chi connectivity index (χ3v) is 5.81. The van der Waals surface area contributed by atoms with Crippen LogP contribution in [0.3, 0.4) is 0 Å². The summed E-state index contributed by atoms with van der Waals surface area (Å²) in [6, 6.07) is 9.66. The molecule has 1 unspecified atom stereocenters. The standard InChI is InChI=1S/C22H33N3O3/c1-16(2)20(23)21(26)24-12-10-17(11-13-24)14-25(19-8-9-19)22(27)28-15-18-6-4-3-5-7-18/h3-7,16-17,19-20H,8-15,23H2,1-2H3. The van der Waals surface area contributed by atoms with Gasteiger partial charge in [-0.25, -0.2) is 4.79 Å². The molecule has 1 aliphatic heterocycles. The first-order valence-corrected chi connectivity index (χ1v) is 10.5. The van der Waals surface area contributed by atoms with E-state index in [9.17, 15) is 9.59 Å². The van der Waals surface area contributed by atoms with Crippen molar-refractivity contribution < 1.29 is 14.3 Å². The minimum Gasteiger partial charge on any atom is -0.445 e. The zero-order chi connectivity index (χ0) is 20.1. The van der Waals surface area contributed by atoms with Gasteiger partial charge in [-0.15, -0.1) is 0 Å². The van der Waals surface area contributed by atoms with Gasteiger partial charge < -0.3 is 20.3 Å². The van der Waals surface area contributed by atoms with Gasteiger partial charge in [-0.05, 0) is 43.1 Å². The zero-order valence-corrected chi connectivity index (χ0v) is 17.0. The Balaban J connectivity index is 1.47. The molecule has 2 fully saturated rings. The number of benzene rings is 1. The summed E-state index contributed by atoms with van der Waals surface area (Å²) in [4.78, 5) is 28.9. The fraction of sp³-hybridized carbons (Fsp3) is 0.636. The molecule has 2 aliphatic rings. The topological polar surface area (TPSA) is 75.9 Å². The van der Waals surface area contributed by atoms with Crippen LogP contribution in [0.1, 0.15) is 45.1 Å². The number of carbonyl (C=O) groups excluding carboxylic acids is 2. The summed E-state index contributed by atoms with van der Waals surface area (Å²) >= 11 is 0. The molecule has 3 rings (SSSR count). The van der Waals surface area contributed by atoms with Gasteiger partial charge in [-0.1, -0.05) is 44.2 Å². The summed E-state index contributed by atoms with van der Waals surface area (Å²) in [6.45, 7) is 6.43. The number of nitrogens with two attached hydrogens (primary N) is 1. The number of carbonyl (C=O) groups is 2. The second kappa shape index (κ2) is 9.41. The lowest BCUT2D eigenvalue weighted by Gasteiger charge is -2.36. The van der Waals surface area contributed by atoms with Crippen molar-refractivity contribution in [3.63, 3.8) is 0 Å². The van der Waals surface area contributed by atoms with E-state index >= 15 is 0 Å². The van der Waals surface area contributed by atoms with Gasteiger partial charge in [0.05, 0.1) is 6.04 Å². The van der Waals surface area contributed by atoms with Gasteiger partial charge >= 0.3 is 6.09 Å². The number of nitrogens with zero attached hydrogens (tertiary/aromatic N) is 2. The Morgan fingerprint density at radius 3 is 2.36 bits per heavy atom. The predicted molar refractivity (Wildman–Crippen MR) is 108 cm³/mol. The Kier molecular flexibility index (Phi) is 6.94. The average Bonchev–Trinajstić information content (AvgIpc) is 3.55. The average molecular weight is 388 g/mol. The van der Waals surface area contributed by atoms with Crippen LogP contribution in [0.4, 0.5) is 4.79 Å². The Morgan fingerprint density at radius 1 is 1.14 bits per heavy atom. The SMILES string of the molecule is CC(C)C(N)C(=O)N1CCC(CN(C(=O)OCc2ccccc2)C2CC2)CC1. The molecule has 1 aliphatic carbocycles. The van der Waals surface area contributed by atoms with Crippen LogP contribution in [-0.2, 0) is 16.1 Å². The molecule has 0 bridgehead atoms. The van der Waals surface area contributed by atoms with Crippen LogP contribution in [0.2, 0.25) is 0 Å². The number of hydrogen-bond acceptors (Lipinski definition) is 4. The van der Waals surface area contributed by atoms with Crippen molar-refractivity contribution in [1.82, 2.24) is 9.80 Å². The van der Waals surface area contributed by atoms with E-state index in [0.717, 1.165) is 50.9 Å². The van der Waals surface area contributed by atoms with Gasteiger partial charge in [0.25, 0.3) is 0 Å². The molecule has 1 heterocycles. The number of ether oxygens (including phenoxy) is 1. The maximum atomic E-state index is 12.6. The molecular weight excluding hydrogens is 354 g/mol. The van der Waals surface area contributed by atoms with Gasteiger partial charge in [0, 0.05) is 25.7 Å². The molecule has 2 N–H and O–H groups in total. The van der Waals surface area contributed by atoms with E-state index in [2.05, 4.69) is 0 Å². The molecule has 1 saturated heterocycles. The smallest absolute Gasteiger partial charge is 0.410 e. The molecule has 1 saturated carbocycles. The van der Waals surface area contributed by atoms with E-state index in [1.54, 1.807) is 0 Å². The first kappa shape index (κ1) is 20.6. The Morgan fingerprint density at radius 2 is 1.79 bits per heavy atom. The molecule has 28 heavy (non-hydrogen) atoms. The van der Waals surface area contributed by atoms with Crippen LogP contribution in [-0.4, -0.2) is 53.5 Å². The number of amides is 2. The Labute approximate surface area is 168 Å². The Hall–Kier alpha value is -2.08. The maximum absolute atomic E-state index is 12.6. The minimum atomic E-state index is -0.424. The lowest BCUT2D eigenvalue weighted by Crippen LogP contribution is -2.50. The van der Waals surface area contributed by atoms with Crippen molar-refractivity contribution in [1.29, 1.82) is 0 Å². The van der Waals surface area contributed by atoms with E-state index < -0.39 is 6.04 Å². The third kappa shape index (κ3) is 5.47. The summed E-state index contributed by atoms with van der Waals surface area (Å²) in [5.74, 6) is 0.605. The van der Waals surface area contributed by atoms with E-state index in [1.807, 2.05) is 54.0 Å². The van der Waals surface area contributed by atoms with Crippen molar-refractivity contribution in [3.05, 3.63) is 35.9 Å². The van der Waals surface area contributed by atoms with Gasteiger partial charge in [0.1, 0.15) is 6.61 Å². The van der Waals surface area contributed by atoms with Gasteiger partial charge in [-0.2, -0.15) is 0 Å². The first-order valence-electron chi connectivity index (χ1n) is 10.5. The molecule has 0 aromatic heterocycles. The number of hydrogen-bond donors (Lipinski definition) is 1. The van der Waals surface area contributed by atoms with Crippen LogP contribution in [0.25, 0.3) is 0 Å². The molecular formula is C22H33N3O3. The fourth-order valence-electron chi connectivity index (χ4n) is 3.67. The van der Waals surface area contributed by atoms with Crippen molar-refractivity contribution in [2.75, 3.05) is 19.6 Å². The summed E-state index contributed by atoms with van der Waals surface area (Å²) in [7, 11) is 0. The maximum Gasteiger partial charge on any atom is 0.410 e. The lowest BCUT2D eigenvalue weighted by molar-refractivity contribution is -0.135. The second-order valence-corrected chi connectivity index (χ2v) is 8.46. The van der Waals surface area contributed by atoms with E-state index in [-0.39, 0.29) is 17.9 Å². The molecule has 1 aromatic carbocycles. The van der Waals surface area contributed by atoms with Crippen LogP contribution in [0, 0.1) is 11.8 Å². The van der Waals surface area contributed by atoms with Crippen molar-refractivity contribution in [2.24, 2.45) is 17.6 Å². The molecule has 0 radical (unpaired) electrons. The van der Waals surface area contributed by atoms with Crippen molar-refractivity contribution >= 4 is 12.0 Å². The molecule has 6 nitrogen and oxygen atoms in total. The summed E-state index contributed by atoms with van der Waals surface area (Å²) in [6.07, 6.45) is 3.71. The monoisotopic (exact) mass is 387 g/mol. The fourth-order valence-corrected chi connectivity index (χ4v) is 3.67. The van der Waals surface area contributed by atoms with Crippen LogP contribution >= 0.6 is 0 Å². The normalized spacial score (nSPS) is 18.8. The lowest BCUT2D eigenvalue weighted by atomic mass is 9.94. The molecule has 6 heteroatoms. The number of likely N-dealkylation sites (tertiary alicyclic amines) is 1. The quantitative estimate of drug-likeness (QED) is 0.780. The Bertz CT molecular complexity index is 652. The highest BCUT2D eigenvalue weighted by Gasteiger charge is 2.36. The summed E-state index contributed by atoms with van der Waals surface area (Å²) in [5, 5.41) is 0. The van der Waals surface area contributed by atoms with Crippen LogP contribution < -0.4 is 5.73 Å². The first-order chi connectivity index (χ1) is 13.5. The van der Waals surface area contributed by atoms with Crippen LogP contribution in [0.5, 0.6) is 0 Å². The summed E-state index contributed by atoms with van der Waals surface area (Å²) in [5.41, 5.74) is 7.01. The van der Waals surface area contributed by atoms with Gasteiger partial charge in [0.15, 0.2) is 0 Å². The third-order valence-electron chi connectivity index (χ3n) is 5.81. The minimum absolute atomic E-state index is 0.0507. The van der Waals surface area contributed by atoms with Crippen molar-refractivity contribution in [3.8, 4) is 0 Å². The number of rotatable bonds is 7. The highest BCUT2D eigenvalue weighted by atomic mass is 16.6.